The zero-order chi connectivity index (χ0) is 11.8. The quantitative estimate of drug-likeness (QED) is 0.783. The normalized spacial score (nSPS) is 31.5. The minimum Gasteiger partial charge on any atom is -0.332 e. The Morgan fingerprint density at radius 3 is 2.76 bits per heavy atom. The molecule has 3 aliphatic rings. The lowest BCUT2D eigenvalue weighted by atomic mass is 9.84. The molecule has 0 spiro atoms. The van der Waals surface area contributed by atoms with Crippen LogP contribution in [0.3, 0.4) is 0 Å². The largest absolute Gasteiger partial charge is 0.342 e. The van der Waals surface area contributed by atoms with Gasteiger partial charge < -0.3 is 10.2 Å². The summed E-state index contributed by atoms with van der Waals surface area (Å²) in [6, 6.07) is 0.200. The van der Waals surface area contributed by atoms with Gasteiger partial charge in [0, 0.05) is 18.8 Å². The van der Waals surface area contributed by atoms with Crippen molar-refractivity contribution >= 4 is 6.03 Å². The number of hydrogen-bond acceptors (Lipinski definition) is 3. The second-order valence-corrected chi connectivity index (χ2v) is 5.16. The van der Waals surface area contributed by atoms with E-state index in [4.69, 9.17) is 0 Å². The highest BCUT2D eigenvalue weighted by Gasteiger charge is 2.35. The van der Waals surface area contributed by atoms with Crippen molar-refractivity contribution in [2.24, 2.45) is 5.92 Å². The van der Waals surface area contributed by atoms with E-state index in [9.17, 15) is 4.79 Å². The second-order valence-electron chi connectivity index (χ2n) is 5.16. The average molecular weight is 234 g/mol. The Bertz CT molecular complexity index is 420. The second kappa shape index (κ2) is 4.14. The molecule has 5 heteroatoms. The van der Waals surface area contributed by atoms with Gasteiger partial charge in [-0.1, -0.05) is 0 Å². The van der Waals surface area contributed by atoms with E-state index in [2.05, 4.69) is 15.3 Å². The molecule has 4 heterocycles. The summed E-state index contributed by atoms with van der Waals surface area (Å²) >= 11 is 0. The number of carbonyl (C=O) groups excluding carboxylic acids is 1. The van der Waals surface area contributed by atoms with E-state index in [1.54, 1.807) is 12.4 Å². The first-order chi connectivity index (χ1) is 8.22. The number of fused-ring (bicyclic) bond motifs is 3. The van der Waals surface area contributed by atoms with Crippen LogP contribution in [0.4, 0.5) is 4.79 Å². The fraction of sp³-hybridized carbons (Fsp3) is 0.667. The molecular weight excluding hydrogens is 216 g/mol. The molecule has 3 aliphatic heterocycles. The van der Waals surface area contributed by atoms with E-state index in [1.807, 2.05) is 6.92 Å². The molecule has 3 fully saturated rings. The standard InChI is InChI=1S/C12H18N4O/c1-9-6-13-16(7-9)12(17)14-11-8-15-4-2-10(11)3-5-15/h6-7,10-11H,2-5,8H2,1H3,(H,14,17). The third kappa shape index (κ3) is 2.07. The van der Waals surface area contributed by atoms with Gasteiger partial charge in [0.2, 0.25) is 0 Å². The van der Waals surface area contributed by atoms with E-state index in [0.717, 1.165) is 12.1 Å². The molecule has 1 amide bonds. The summed E-state index contributed by atoms with van der Waals surface area (Å²) < 4.78 is 1.40. The van der Waals surface area contributed by atoms with Crippen molar-refractivity contribution in [1.82, 2.24) is 20.0 Å². The molecule has 0 aromatic carbocycles. The van der Waals surface area contributed by atoms with Gasteiger partial charge in [-0.2, -0.15) is 9.78 Å². The number of aromatic nitrogens is 2. The van der Waals surface area contributed by atoms with Crippen molar-refractivity contribution in [1.29, 1.82) is 0 Å². The first-order valence-corrected chi connectivity index (χ1v) is 6.27. The topological polar surface area (TPSA) is 50.2 Å². The Morgan fingerprint density at radius 1 is 1.47 bits per heavy atom. The fourth-order valence-corrected chi connectivity index (χ4v) is 2.88. The summed E-state index contributed by atoms with van der Waals surface area (Å²) in [6.07, 6.45) is 5.89. The molecule has 1 aromatic rings. The van der Waals surface area contributed by atoms with Crippen LogP contribution in [-0.2, 0) is 0 Å². The molecule has 92 valence electrons. The third-order valence-corrected chi connectivity index (χ3v) is 3.88. The van der Waals surface area contributed by atoms with Crippen LogP contribution in [0, 0.1) is 12.8 Å². The van der Waals surface area contributed by atoms with Gasteiger partial charge in [0.1, 0.15) is 0 Å². The predicted molar refractivity (Wildman–Crippen MR) is 63.8 cm³/mol. The minimum atomic E-state index is -0.100. The molecular formula is C12H18N4O. The zero-order valence-electron chi connectivity index (χ0n) is 10.1. The number of carbonyl (C=O) groups is 1. The lowest BCUT2D eigenvalue weighted by molar-refractivity contribution is 0.0765. The Hall–Kier alpha value is -1.36. The van der Waals surface area contributed by atoms with Crippen molar-refractivity contribution in [3.8, 4) is 0 Å². The number of amides is 1. The van der Waals surface area contributed by atoms with Crippen molar-refractivity contribution in [2.75, 3.05) is 19.6 Å². The van der Waals surface area contributed by atoms with Gasteiger partial charge in [0.25, 0.3) is 0 Å². The number of nitrogens with zero attached hydrogens (tertiary/aromatic N) is 3. The average Bonchev–Trinajstić information content (AvgIpc) is 2.77. The van der Waals surface area contributed by atoms with E-state index in [0.29, 0.717) is 12.0 Å². The molecule has 3 saturated heterocycles. The van der Waals surface area contributed by atoms with Crippen molar-refractivity contribution in [3.05, 3.63) is 18.0 Å². The Balaban J connectivity index is 1.65. The summed E-state index contributed by atoms with van der Waals surface area (Å²) in [7, 11) is 0. The minimum absolute atomic E-state index is 0.100. The third-order valence-electron chi connectivity index (χ3n) is 3.88. The molecule has 0 aliphatic carbocycles. The molecule has 0 radical (unpaired) electrons. The molecule has 0 saturated carbocycles. The van der Waals surface area contributed by atoms with Crippen LogP contribution in [0.5, 0.6) is 0 Å². The van der Waals surface area contributed by atoms with Gasteiger partial charge in [-0.05, 0) is 44.3 Å². The molecule has 1 unspecified atom stereocenters. The lowest BCUT2D eigenvalue weighted by Gasteiger charge is -2.44. The first kappa shape index (κ1) is 10.8. The van der Waals surface area contributed by atoms with E-state index >= 15 is 0 Å². The summed E-state index contributed by atoms with van der Waals surface area (Å²) in [5, 5.41) is 7.13. The molecule has 2 bridgehead atoms. The Kier molecular flexibility index (Phi) is 2.63. The fourth-order valence-electron chi connectivity index (χ4n) is 2.88. The molecule has 5 nitrogen and oxygen atoms in total. The van der Waals surface area contributed by atoms with Crippen LogP contribution in [0.2, 0.25) is 0 Å². The number of rotatable bonds is 1. The van der Waals surface area contributed by atoms with Gasteiger partial charge >= 0.3 is 6.03 Å². The lowest BCUT2D eigenvalue weighted by Crippen LogP contribution is -2.57. The van der Waals surface area contributed by atoms with E-state index in [1.165, 1.54) is 30.6 Å². The van der Waals surface area contributed by atoms with Crippen LogP contribution in [0.25, 0.3) is 0 Å². The summed E-state index contributed by atoms with van der Waals surface area (Å²) in [5.41, 5.74) is 1.01. The Labute approximate surface area is 101 Å². The van der Waals surface area contributed by atoms with Crippen molar-refractivity contribution < 1.29 is 4.79 Å². The number of aryl methyl sites for hydroxylation is 1. The monoisotopic (exact) mass is 234 g/mol. The van der Waals surface area contributed by atoms with Gasteiger partial charge in [0.05, 0.1) is 6.20 Å². The van der Waals surface area contributed by atoms with Gasteiger partial charge in [-0.25, -0.2) is 4.79 Å². The van der Waals surface area contributed by atoms with Crippen LogP contribution in [0.1, 0.15) is 18.4 Å². The summed E-state index contributed by atoms with van der Waals surface area (Å²) in [5.74, 6) is 0.653. The SMILES string of the molecule is Cc1cnn(C(=O)NC2CN3CCC2CC3)c1. The number of piperidine rings is 3. The van der Waals surface area contributed by atoms with Crippen molar-refractivity contribution in [2.45, 2.75) is 25.8 Å². The smallest absolute Gasteiger partial charge is 0.332 e. The van der Waals surface area contributed by atoms with Gasteiger partial charge in [-0.3, -0.25) is 0 Å². The molecule has 1 atom stereocenters. The predicted octanol–water partition coefficient (Wildman–Crippen LogP) is 0.843. The summed E-state index contributed by atoms with van der Waals surface area (Å²) in [6.45, 7) is 5.32. The molecule has 17 heavy (non-hydrogen) atoms. The van der Waals surface area contributed by atoms with Gasteiger partial charge in [0.15, 0.2) is 0 Å². The Morgan fingerprint density at radius 2 is 2.24 bits per heavy atom. The maximum Gasteiger partial charge on any atom is 0.342 e. The molecule has 1 N–H and O–H groups in total. The highest BCUT2D eigenvalue weighted by atomic mass is 16.2. The van der Waals surface area contributed by atoms with Crippen LogP contribution >= 0.6 is 0 Å². The molecule has 4 rings (SSSR count). The van der Waals surface area contributed by atoms with E-state index < -0.39 is 0 Å². The zero-order valence-corrected chi connectivity index (χ0v) is 10.1. The molecule has 1 aromatic heterocycles. The highest BCUT2D eigenvalue weighted by Crippen LogP contribution is 2.27. The number of nitrogens with one attached hydrogen (secondary N) is 1. The maximum atomic E-state index is 12.0. The maximum absolute atomic E-state index is 12.0. The van der Waals surface area contributed by atoms with E-state index in [-0.39, 0.29) is 6.03 Å². The van der Waals surface area contributed by atoms with Crippen LogP contribution in [-0.4, -0.2) is 46.4 Å². The summed E-state index contributed by atoms with van der Waals surface area (Å²) in [4.78, 5) is 14.4. The number of hydrogen-bond donors (Lipinski definition) is 1. The van der Waals surface area contributed by atoms with Gasteiger partial charge in [-0.15, -0.1) is 0 Å². The first-order valence-electron chi connectivity index (χ1n) is 6.27. The van der Waals surface area contributed by atoms with Crippen molar-refractivity contribution in [3.63, 3.8) is 0 Å². The van der Waals surface area contributed by atoms with Crippen LogP contribution in [0.15, 0.2) is 12.4 Å². The highest BCUT2D eigenvalue weighted by molar-refractivity contribution is 5.76. The van der Waals surface area contributed by atoms with Crippen LogP contribution < -0.4 is 5.32 Å².